The predicted molar refractivity (Wildman–Crippen MR) is 155 cm³/mol. The molecular weight excluding hydrogens is 533 g/mol. The van der Waals surface area contributed by atoms with Crippen molar-refractivity contribution in [2.24, 2.45) is 0 Å². The largest absolute Gasteiger partial charge is 0.390 e. The van der Waals surface area contributed by atoms with E-state index in [0.717, 1.165) is 43.4 Å². The summed E-state index contributed by atoms with van der Waals surface area (Å²) < 4.78 is 1.93. The first kappa shape index (κ1) is 30.9. The van der Waals surface area contributed by atoms with E-state index in [4.69, 9.17) is 11.6 Å². The summed E-state index contributed by atoms with van der Waals surface area (Å²) >= 11 is 6.00. The second-order valence-corrected chi connectivity index (χ2v) is 9.71. The van der Waals surface area contributed by atoms with Crippen molar-refractivity contribution >= 4 is 48.0 Å². The SMILES string of the molecule is Cc1cccc(N2CCN(CC(O)CNC(=O)c3nc(C)n(-c4ccc(Cl)cc4)c3C)CC2)c1C.Cl.Cl. The van der Waals surface area contributed by atoms with Gasteiger partial charge in [-0.15, -0.1) is 24.8 Å². The number of nitrogens with zero attached hydrogens (tertiary/aromatic N) is 4. The number of imidazole rings is 1. The first-order valence-corrected chi connectivity index (χ1v) is 12.4. The van der Waals surface area contributed by atoms with E-state index in [9.17, 15) is 9.90 Å². The Morgan fingerprint density at radius 2 is 1.68 bits per heavy atom. The number of carbonyl (C=O) groups excluding carboxylic acids is 1. The zero-order valence-electron chi connectivity index (χ0n) is 21.7. The maximum atomic E-state index is 12.8. The zero-order valence-corrected chi connectivity index (χ0v) is 24.1. The Morgan fingerprint density at radius 3 is 2.32 bits per heavy atom. The van der Waals surface area contributed by atoms with Gasteiger partial charge in [0.05, 0.1) is 11.8 Å². The molecule has 0 bridgehead atoms. The van der Waals surface area contributed by atoms with Gasteiger partial charge >= 0.3 is 0 Å². The van der Waals surface area contributed by atoms with Crippen LogP contribution in [0, 0.1) is 27.7 Å². The third kappa shape index (κ3) is 7.18. The number of amides is 1. The van der Waals surface area contributed by atoms with Gasteiger partial charge in [-0.05, 0) is 69.2 Å². The smallest absolute Gasteiger partial charge is 0.271 e. The molecular formula is C27H36Cl3N5O2. The second-order valence-electron chi connectivity index (χ2n) is 9.28. The highest BCUT2D eigenvalue weighted by atomic mass is 35.5. The van der Waals surface area contributed by atoms with E-state index in [0.29, 0.717) is 17.3 Å². The Hall–Kier alpha value is -2.29. The van der Waals surface area contributed by atoms with Gasteiger partial charge < -0.3 is 19.9 Å². The van der Waals surface area contributed by atoms with E-state index in [1.165, 1.54) is 16.8 Å². The fraction of sp³-hybridized carbons (Fsp3) is 0.407. The average Bonchev–Trinajstić information content (AvgIpc) is 3.14. The molecule has 1 aliphatic rings. The molecule has 0 radical (unpaired) electrons. The summed E-state index contributed by atoms with van der Waals surface area (Å²) in [6.45, 7) is 12.4. The van der Waals surface area contributed by atoms with E-state index in [1.807, 2.05) is 42.7 Å². The minimum Gasteiger partial charge on any atom is -0.390 e. The van der Waals surface area contributed by atoms with Gasteiger partial charge in [0.2, 0.25) is 0 Å². The Bertz CT molecular complexity index is 1190. The molecule has 1 saturated heterocycles. The number of nitrogens with one attached hydrogen (secondary N) is 1. The molecule has 202 valence electrons. The molecule has 1 aliphatic heterocycles. The average molecular weight is 569 g/mol. The highest BCUT2D eigenvalue weighted by Gasteiger charge is 2.22. The summed E-state index contributed by atoms with van der Waals surface area (Å²) in [6, 6.07) is 13.9. The number of rotatable bonds is 7. The number of hydrogen-bond donors (Lipinski definition) is 2. The summed E-state index contributed by atoms with van der Waals surface area (Å²) in [6.07, 6.45) is -0.647. The number of aliphatic hydroxyl groups is 1. The van der Waals surface area contributed by atoms with Crippen molar-refractivity contribution in [3.05, 3.63) is 75.8 Å². The Morgan fingerprint density at radius 1 is 1.03 bits per heavy atom. The number of aliphatic hydroxyl groups excluding tert-OH is 1. The molecule has 4 rings (SSSR count). The number of aryl methyl sites for hydroxylation is 2. The molecule has 10 heteroatoms. The molecule has 37 heavy (non-hydrogen) atoms. The molecule has 2 aromatic carbocycles. The molecule has 1 aromatic heterocycles. The van der Waals surface area contributed by atoms with E-state index >= 15 is 0 Å². The number of hydrogen-bond acceptors (Lipinski definition) is 5. The standard InChI is InChI=1S/C27H34ClN5O2.2ClH/c1-18-6-5-7-25(19(18)2)32-14-12-31(13-15-32)17-24(34)16-29-27(35)26-20(3)33(21(4)30-26)23-10-8-22(28)9-11-23;;/h5-11,24,34H,12-17H2,1-4H3,(H,29,35);2*1H. The fourth-order valence-electron chi connectivity index (χ4n) is 4.73. The molecule has 0 spiro atoms. The number of benzene rings is 2. The number of piperazine rings is 1. The first-order valence-electron chi connectivity index (χ1n) is 12.1. The normalized spacial score (nSPS) is 14.5. The lowest BCUT2D eigenvalue weighted by atomic mass is 10.1. The van der Waals surface area contributed by atoms with Crippen LogP contribution in [0.1, 0.15) is 33.1 Å². The summed E-state index contributed by atoms with van der Waals surface area (Å²) in [7, 11) is 0. The molecule has 2 heterocycles. The number of halogens is 3. The number of aromatic nitrogens is 2. The van der Waals surface area contributed by atoms with Gasteiger partial charge in [-0.1, -0.05) is 23.7 Å². The lowest BCUT2D eigenvalue weighted by Gasteiger charge is -2.37. The van der Waals surface area contributed by atoms with Crippen molar-refractivity contribution in [1.82, 2.24) is 19.8 Å². The molecule has 1 unspecified atom stereocenters. The van der Waals surface area contributed by atoms with Crippen LogP contribution in [0.25, 0.3) is 5.69 Å². The molecule has 0 saturated carbocycles. The van der Waals surface area contributed by atoms with E-state index in [-0.39, 0.29) is 37.3 Å². The van der Waals surface area contributed by atoms with Crippen molar-refractivity contribution in [2.45, 2.75) is 33.8 Å². The quantitative estimate of drug-likeness (QED) is 0.439. The van der Waals surface area contributed by atoms with Gasteiger partial charge in [0.25, 0.3) is 5.91 Å². The van der Waals surface area contributed by atoms with Gasteiger partial charge in [0.1, 0.15) is 11.5 Å². The molecule has 3 aromatic rings. The number of anilines is 1. The van der Waals surface area contributed by atoms with E-state index in [1.54, 1.807) is 0 Å². The monoisotopic (exact) mass is 567 g/mol. The highest BCUT2D eigenvalue weighted by Crippen LogP contribution is 2.24. The fourth-order valence-corrected chi connectivity index (χ4v) is 4.86. The second kappa shape index (κ2) is 13.5. The van der Waals surface area contributed by atoms with Crippen LogP contribution < -0.4 is 10.2 Å². The van der Waals surface area contributed by atoms with Gasteiger partial charge in [0.15, 0.2) is 0 Å². The third-order valence-electron chi connectivity index (χ3n) is 6.83. The maximum Gasteiger partial charge on any atom is 0.271 e. The molecule has 0 aliphatic carbocycles. The molecule has 1 atom stereocenters. The topological polar surface area (TPSA) is 73.6 Å². The van der Waals surface area contributed by atoms with E-state index in [2.05, 4.69) is 52.1 Å². The van der Waals surface area contributed by atoms with Crippen molar-refractivity contribution < 1.29 is 9.90 Å². The van der Waals surface area contributed by atoms with E-state index < -0.39 is 6.10 Å². The first-order chi connectivity index (χ1) is 16.7. The number of carbonyl (C=O) groups is 1. The summed E-state index contributed by atoms with van der Waals surface area (Å²) in [5.74, 6) is 0.439. The van der Waals surface area contributed by atoms with Crippen LogP contribution >= 0.6 is 36.4 Å². The van der Waals surface area contributed by atoms with Crippen LogP contribution in [-0.2, 0) is 0 Å². The van der Waals surface area contributed by atoms with Gasteiger partial charge in [-0.25, -0.2) is 4.98 Å². The van der Waals surface area contributed by atoms with Crippen LogP contribution in [0.2, 0.25) is 5.02 Å². The minimum absolute atomic E-state index is 0. The Kier molecular flexibility index (Phi) is 11.3. The van der Waals surface area contributed by atoms with Crippen molar-refractivity contribution in [3.8, 4) is 5.69 Å². The Labute approximate surface area is 236 Å². The number of β-amino-alcohol motifs (C(OH)–C–C–N with tert-alkyl or cyclic N) is 1. The van der Waals surface area contributed by atoms with Crippen LogP contribution in [0.5, 0.6) is 0 Å². The van der Waals surface area contributed by atoms with Crippen LogP contribution in [0.4, 0.5) is 5.69 Å². The summed E-state index contributed by atoms with van der Waals surface area (Å²) in [5.41, 5.74) is 5.94. The summed E-state index contributed by atoms with van der Waals surface area (Å²) in [4.78, 5) is 22.0. The molecule has 2 N–H and O–H groups in total. The summed E-state index contributed by atoms with van der Waals surface area (Å²) in [5, 5.41) is 14.1. The highest BCUT2D eigenvalue weighted by molar-refractivity contribution is 6.30. The lowest BCUT2D eigenvalue weighted by molar-refractivity contribution is 0.0847. The van der Waals surface area contributed by atoms with Crippen molar-refractivity contribution in [1.29, 1.82) is 0 Å². The lowest BCUT2D eigenvalue weighted by Crippen LogP contribution is -2.50. The molecule has 1 amide bonds. The van der Waals surface area contributed by atoms with Crippen LogP contribution in [0.3, 0.4) is 0 Å². The van der Waals surface area contributed by atoms with Crippen molar-refractivity contribution in [3.63, 3.8) is 0 Å². The van der Waals surface area contributed by atoms with Gasteiger partial charge in [-0.2, -0.15) is 0 Å². The maximum absolute atomic E-state index is 12.8. The van der Waals surface area contributed by atoms with Crippen molar-refractivity contribution in [2.75, 3.05) is 44.2 Å². The van der Waals surface area contributed by atoms with Gasteiger partial charge in [-0.3, -0.25) is 9.69 Å². The minimum atomic E-state index is -0.647. The van der Waals surface area contributed by atoms with Crippen LogP contribution in [0.15, 0.2) is 42.5 Å². The predicted octanol–water partition coefficient (Wildman–Crippen LogP) is 4.52. The van der Waals surface area contributed by atoms with Gasteiger partial charge in [0, 0.05) is 55.7 Å². The Balaban J connectivity index is 0.00000241. The van der Waals surface area contributed by atoms with Crippen LogP contribution in [-0.4, -0.2) is 70.8 Å². The molecule has 1 fully saturated rings. The zero-order chi connectivity index (χ0) is 25.1. The third-order valence-corrected chi connectivity index (χ3v) is 7.08. The molecule has 7 nitrogen and oxygen atoms in total.